The molecule has 0 heterocycles. The summed E-state index contributed by atoms with van der Waals surface area (Å²) in [6.07, 6.45) is -0.118. The molecule has 0 saturated carbocycles. The van der Waals surface area contributed by atoms with Gasteiger partial charge in [-0.25, -0.2) is 4.79 Å². The molecule has 2 aromatic carbocycles. The molecule has 5 heteroatoms. The van der Waals surface area contributed by atoms with Crippen LogP contribution in [0.15, 0.2) is 48.5 Å². The minimum atomic E-state index is -0.962. The molecule has 0 aliphatic carbocycles. The van der Waals surface area contributed by atoms with Crippen LogP contribution in [0.1, 0.15) is 28.4 Å². The van der Waals surface area contributed by atoms with E-state index in [0.717, 1.165) is 16.7 Å². The van der Waals surface area contributed by atoms with Crippen molar-refractivity contribution in [3.05, 3.63) is 59.7 Å². The molecule has 0 bridgehead atoms. The van der Waals surface area contributed by atoms with Gasteiger partial charge in [-0.15, -0.1) is 0 Å². The molecule has 0 aliphatic heterocycles. The Bertz CT molecular complexity index is 647. The van der Waals surface area contributed by atoms with Crippen molar-refractivity contribution in [3.63, 3.8) is 0 Å². The van der Waals surface area contributed by atoms with Crippen molar-refractivity contribution >= 4 is 11.9 Å². The van der Waals surface area contributed by atoms with E-state index in [-0.39, 0.29) is 12.0 Å². The summed E-state index contributed by atoms with van der Waals surface area (Å²) in [6.45, 7) is 0. The summed E-state index contributed by atoms with van der Waals surface area (Å²) in [5.41, 5.74) is 8.58. The van der Waals surface area contributed by atoms with Crippen molar-refractivity contribution < 1.29 is 19.8 Å². The fourth-order valence-electron chi connectivity index (χ4n) is 2.03. The van der Waals surface area contributed by atoms with Gasteiger partial charge in [0.1, 0.15) is 0 Å². The van der Waals surface area contributed by atoms with Crippen molar-refractivity contribution in [2.45, 2.75) is 12.5 Å². The van der Waals surface area contributed by atoms with Gasteiger partial charge in [-0.3, -0.25) is 4.79 Å². The maximum Gasteiger partial charge on any atom is 0.335 e. The molecule has 1 unspecified atom stereocenters. The van der Waals surface area contributed by atoms with Crippen molar-refractivity contribution in [2.24, 2.45) is 5.73 Å². The van der Waals surface area contributed by atoms with Gasteiger partial charge in [0.25, 0.3) is 0 Å². The summed E-state index contributed by atoms with van der Waals surface area (Å²) < 4.78 is 0. The van der Waals surface area contributed by atoms with Gasteiger partial charge in [-0.1, -0.05) is 36.4 Å². The fraction of sp³-hybridized carbons (Fsp3) is 0.125. The lowest BCUT2D eigenvalue weighted by Crippen LogP contribution is -2.14. The third kappa shape index (κ3) is 3.67. The highest BCUT2D eigenvalue weighted by Crippen LogP contribution is 2.23. The fourth-order valence-corrected chi connectivity index (χ4v) is 2.03. The number of carboxylic acids is 2. The highest BCUT2D eigenvalue weighted by Gasteiger charge is 2.10. The summed E-state index contributed by atoms with van der Waals surface area (Å²) in [5.74, 6) is -1.90. The molecule has 0 amide bonds. The van der Waals surface area contributed by atoms with E-state index in [1.807, 2.05) is 12.1 Å². The molecule has 0 fully saturated rings. The summed E-state index contributed by atoms with van der Waals surface area (Å²) in [7, 11) is 0. The first-order valence-electron chi connectivity index (χ1n) is 6.38. The summed E-state index contributed by atoms with van der Waals surface area (Å²) in [6, 6.07) is 13.3. The SMILES string of the molecule is NC(CC(=O)O)c1ccc(-c2ccc(C(=O)O)cc2)cc1. The van der Waals surface area contributed by atoms with Gasteiger partial charge in [-0.05, 0) is 28.8 Å². The molecular formula is C16H15NO4. The van der Waals surface area contributed by atoms with E-state index in [9.17, 15) is 9.59 Å². The predicted molar refractivity (Wildman–Crippen MR) is 78.0 cm³/mol. The normalized spacial score (nSPS) is 11.9. The van der Waals surface area contributed by atoms with Crippen molar-refractivity contribution in [1.29, 1.82) is 0 Å². The molecule has 1 atom stereocenters. The minimum Gasteiger partial charge on any atom is -0.481 e. The number of nitrogens with two attached hydrogens (primary N) is 1. The number of carboxylic acid groups (broad SMARTS) is 2. The molecule has 108 valence electrons. The first kappa shape index (κ1) is 14.7. The Balaban J connectivity index is 2.18. The molecule has 0 spiro atoms. The molecule has 5 nitrogen and oxygen atoms in total. The molecule has 2 rings (SSSR count). The zero-order valence-corrected chi connectivity index (χ0v) is 11.2. The van der Waals surface area contributed by atoms with E-state index in [1.54, 1.807) is 36.4 Å². The highest BCUT2D eigenvalue weighted by molar-refractivity contribution is 5.88. The van der Waals surface area contributed by atoms with Crippen LogP contribution in [0, 0.1) is 0 Å². The number of hydrogen-bond acceptors (Lipinski definition) is 3. The molecule has 0 radical (unpaired) electrons. The Kier molecular flexibility index (Phi) is 4.35. The zero-order chi connectivity index (χ0) is 15.4. The molecule has 2 aromatic rings. The average Bonchev–Trinajstić information content (AvgIpc) is 2.47. The van der Waals surface area contributed by atoms with Crippen LogP contribution in [-0.2, 0) is 4.79 Å². The van der Waals surface area contributed by atoms with Crippen LogP contribution in [-0.4, -0.2) is 22.2 Å². The number of benzene rings is 2. The smallest absolute Gasteiger partial charge is 0.335 e. The number of rotatable bonds is 5. The number of carbonyl (C=O) groups is 2. The van der Waals surface area contributed by atoms with Gasteiger partial charge in [-0.2, -0.15) is 0 Å². The van der Waals surface area contributed by atoms with Crippen molar-refractivity contribution in [1.82, 2.24) is 0 Å². The maximum absolute atomic E-state index is 10.8. The Morgan fingerprint density at radius 3 is 1.81 bits per heavy atom. The van der Waals surface area contributed by atoms with Gasteiger partial charge in [0, 0.05) is 6.04 Å². The number of aromatic carboxylic acids is 1. The first-order valence-corrected chi connectivity index (χ1v) is 6.38. The highest BCUT2D eigenvalue weighted by atomic mass is 16.4. The van der Waals surface area contributed by atoms with E-state index in [4.69, 9.17) is 15.9 Å². The number of hydrogen-bond donors (Lipinski definition) is 3. The molecule has 21 heavy (non-hydrogen) atoms. The minimum absolute atomic E-state index is 0.118. The second kappa shape index (κ2) is 6.19. The van der Waals surface area contributed by atoms with E-state index < -0.39 is 18.0 Å². The van der Waals surface area contributed by atoms with E-state index in [2.05, 4.69) is 0 Å². The van der Waals surface area contributed by atoms with Gasteiger partial charge in [0.2, 0.25) is 0 Å². The van der Waals surface area contributed by atoms with Crippen LogP contribution >= 0.6 is 0 Å². The summed E-state index contributed by atoms with van der Waals surface area (Å²) in [5, 5.41) is 17.6. The van der Waals surface area contributed by atoms with Crippen LogP contribution in [0.25, 0.3) is 11.1 Å². The summed E-state index contributed by atoms with van der Waals surface area (Å²) >= 11 is 0. The van der Waals surface area contributed by atoms with Crippen molar-refractivity contribution in [2.75, 3.05) is 0 Å². The molecular weight excluding hydrogens is 270 g/mol. The van der Waals surface area contributed by atoms with Crippen LogP contribution in [0.3, 0.4) is 0 Å². The Hall–Kier alpha value is -2.66. The second-order valence-electron chi connectivity index (χ2n) is 4.71. The van der Waals surface area contributed by atoms with E-state index >= 15 is 0 Å². The van der Waals surface area contributed by atoms with E-state index in [0.29, 0.717) is 0 Å². The Labute approximate surface area is 121 Å². The van der Waals surface area contributed by atoms with Gasteiger partial charge >= 0.3 is 11.9 Å². The third-order valence-corrected chi connectivity index (χ3v) is 3.20. The van der Waals surface area contributed by atoms with Crippen molar-refractivity contribution in [3.8, 4) is 11.1 Å². The lowest BCUT2D eigenvalue weighted by Gasteiger charge is -2.10. The summed E-state index contributed by atoms with van der Waals surface area (Å²) in [4.78, 5) is 21.4. The standard InChI is InChI=1S/C16H15NO4/c17-14(9-15(18)19)12-5-1-10(2-6-12)11-3-7-13(8-4-11)16(20)21/h1-8,14H,9,17H2,(H,18,19)(H,20,21). The average molecular weight is 285 g/mol. The molecule has 4 N–H and O–H groups in total. The largest absolute Gasteiger partial charge is 0.481 e. The Morgan fingerprint density at radius 1 is 0.905 bits per heavy atom. The lowest BCUT2D eigenvalue weighted by atomic mass is 9.99. The molecule has 0 aromatic heterocycles. The van der Waals surface area contributed by atoms with Crippen LogP contribution in [0.4, 0.5) is 0 Å². The topological polar surface area (TPSA) is 101 Å². The van der Waals surface area contributed by atoms with Gasteiger partial charge in [0.05, 0.1) is 12.0 Å². The Morgan fingerprint density at radius 2 is 1.38 bits per heavy atom. The zero-order valence-electron chi connectivity index (χ0n) is 11.2. The van der Waals surface area contributed by atoms with E-state index in [1.165, 1.54) is 0 Å². The van der Waals surface area contributed by atoms with Gasteiger partial charge < -0.3 is 15.9 Å². The number of aliphatic carboxylic acids is 1. The second-order valence-corrected chi connectivity index (χ2v) is 4.71. The first-order chi connectivity index (χ1) is 9.97. The maximum atomic E-state index is 10.8. The van der Waals surface area contributed by atoms with Crippen LogP contribution in [0.2, 0.25) is 0 Å². The van der Waals surface area contributed by atoms with Gasteiger partial charge in [0.15, 0.2) is 0 Å². The molecule has 0 aliphatic rings. The molecule has 0 saturated heterocycles. The quantitative estimate of drug-likeness (QED) is 0.783. The van der Waals surface area contributed by atoms with Crippen LogP contribution < -0.4 is 5.73 Å². The third-order valence-electron chi connectivity index (χ3n) is 3.20. The lowest BCUT2D eigenvalue weighted by molar-refractivity contribution is -0.137. The predicted octanol–water partition coefficient (Wildman–Crippen LogP) is 2.53. The monoisotopic (exact) mass is 285 g/mol. The van der Waals surface area contributed by atoms with Crippen LogP contribution in [0.5, 0.6) is 0 Å².